The second kappa shape index (κ2) is 10.3. The van der Waals surface area contributed by atoms with Crippen molar-refractivity contribution in [3.63, 3.8) is 0 Å². The summed E-state index contributed by atoms with van der Waals surface area (Å²) in [5.41, 5.74) is 3.27. The summed E-state index contributed by atoms with van der Waals surface area (Å²) in [4.78, 5) is 16.1. The molecule has 5 aromatic rings. The Kier molecular flexibility index (Phi) is 6.84. The Bertz CT molecular complexity index is 1530. The van der Waals surface area contributed by atoms with Crippen LogP contribution in [-0.2, 0) is 4.79 Å². The summed E-state index contributed by atoms with van der Waals surface area (Å²) in [5.74, 6) is 1.82. The normalized spacial score (nSPS) is 11.0. The monoisotopic (exact) mass is 519 g/mol. The van der Waals surface area contributed by atoms with Gasteiger partial charge in [0.15, 0.2) is 11.0 Å². The van der Waals surface area contributed by atoms with E-state index < -0.39 is 0 Å². The molecule has 1 amide bonds. The highest BCUT2D eigenvalue weighted by Crippen LogP contribution is 2.33. The lowest BCUT2D eigenvalue weighted by atomic mass is 10.1. The van der Waals surface area contributed by atoms with Gasteiger partial charge in [0.2, 0.25) is 5.91 Å². The average molecular weight is 520 g/mol. The summed E-state index contributed by atoms with van der Waals surface area (Å²) in [7, 11) is 3.16. The van der Waals surface area contributed by atoms with E-state index in [0.29, 0.717) is 27.4 Å². The van der Waals surface area contributed by atoms with Gasteiger partial charge >= 0.3 is 0 Å². The number of H-pyrrole nitrogens is 1. The summed E-state index contributed by atoms with van der Waals surface area (Å²) in [5, 5.41) is 13.9. The van der Waals surface area contributed by atoms with Crippen LogP contribution in [0, 0.1) is 0 Å². The number of aromatic nitrogens is 4. The first-order chi connectivity index (χ1) is 17.6. The van der Waals surface area contributed by atoms with Gasteiger partial charge in [0, 0.05) is 33.4 Å². The van der Waals surface area contributed by atoms with Crippen molar-refractivity contribution in [3.8, 4) is 28.6 Å². The summed E-state index contributed by atoms with van der Waals surface area (Å²) in [6.07, 6.45) is 1.92. The summed E-state index contributed by atoms with van der Waals surface area (Å²) in [6, 6.07) is 20.7. The molecule has 2 N–H and O–H groups in total. The SMILES string of the molecule is COc1ccc(-n2c(SCC(=O)Nc3cc(Cl)ccc3OC)nnc2-c2c[nH]c3ccccc23)cc1. The molecule has 0 aliphatic carbocycles. The number of para-hydroxylation sites is 1. The number of nitrogens with one attached hydrogen (secondary N) is 2. The van der Waals surface area contributed by atoms with Gasteiger partial charge in [-0.25, -0.2) is 0 Å². The van der Waals surface area contributed by atoms with Crippen molar-refractivity contribution in [2.45, 2.75) is 5.16 Å². The maximum absolute atomic E-state index is 12.8. The Morgan fingerprint density at radius 2 is 1.86 bits per heavy atom. The number of carbonyl (C=O) groups excluding carboxylic acids is 1. The van der Waals surface area contributed by atoms with Crippen LogP contribution in [0.4, 0.5) is 5.69 Å². The fourth-order valence-electron chi connectivity index (χ4n) is 3.85. The fourth-order valence-corrected chi connectivity index (χ4v) is 4.78. The zero-order valence-corrected chi connectivity index (χ0v) is 21.1. The van der Waals surface area contributed by atoms with Gasteiger partial charge in [-0.1, -0.05) is 41.6 Å². The van der Waals surface area contributed by atoms with Crippen molar-refractivity contribution >= 4 is 45.9 Å². The molecule has 8 nitrogen and oxygen atoms in total. The van der Waals surface area contributed by atoms with Gasteiger partial charge in [-0.2, -0.15) is 0 Å². The van der Waals surface area contributed by atoms with E-state index in [2.05, 4.69) is 20.5 Å². The van der Waals surface area contributed by atoms with Gasteiger partial charge in [0.05, 0.1) is 25.7 Å². The van der Waals surface area contributed by atoms with Crippen molar-refractivity contribution < 1.29 is 14.3 Å². The topological polar surface area (TPSA) is 94.1 Å². The smallest absolute Gasteiger partial charge is 0.234 e. The van der Waals surface area contributed by atoms with Gasteiger partial charge in [-0.3, -0.25) is 9.36 Å². The number of aromatic amines is 1. The van der Waals surface area contributed by atoms with E-state index in [0.717, 1.165) is 27.9 Å². The van der Waals surface area contributed by atoms with Gasteiger partial charge in [-0.05, 0) is 48.5 Å². The third-order valence-electron chi connectivity index (χ3n) is 5.56. The Labute approximate surface area is 216 Å². The number of methoxy groups -OCH3 is 2. The first-order valence-corrected chi connectivity index (χ1v) is 12.4. The maximum Gasteiger partial charge on any atom is 0.234 e. The van der Waals surface area contributed by atoms with E-state index in [1.165, 1.54) is 18.9 Å². The van der Waals surface area contributed by atoms with Crippen molar-refractivity contribution in [2.24, 2.45) is 0 Å². The minimum atomic E-state index is -0.224. The average Bonchev–Trinajstić information content (AvgIpc) is 3.51. The molecule has 10 heteroatoms. The maximum atomic E-state index is 12.8. The van der Waals surface area contributed by atoms with Crippen molar-refractivity contribution in [3.05, 3.63) is 77.9 Å². The van der Waals surface area contributed by atoms with E-state index in [1.54, 1.807) is 25.3 Å². The molecule has 0 saturated heterocycles. The molecule has 2 heterocycles. The molecule has 3 aromatic carbocycles. The summed E-state index contributed by atoms with van der Waals surface area (Å²) in [6.45, 7) is 0. The number of rotatable bonds is 8. The molecule has 0 aliphatic heterocycles. The molecule has 182 valence electrons. The molecule has 0 bridgehead atoms. The number of fused-ring (bicyclic) bond motifs is 1. The quantitative estimate of drug-likeness (QED) is 0.251. The van der Waals surface area contributed by atoms with Crippen LogP contribution >= 0.6 is 23.4 Å². The van der Waals surface area contributed by atoms with Crippen molar-refractivity contribution in [2.75, 3.05) is 25.3 Å². The lowest BCUT2D eigenvalue weighted by Gasteiger charge is -2.12. The Morgan fingerprint density at radius 1 is 1.06 bits per heavy atom. The molecule has 0 spiro atoms. The van der Waals surface area contributed by atoms with Crippen molar-refractivity contribution in [1.29, 1.82) is 0 Å². The Hall–Kier alpha value is -3.95. The number of amides is 1. The lowest BCUT2D eigenvalue weighted by molar-refractivity contribution is -0.113. The van der Waals surface area contributed by atoms with E-state index in [-0.39, 0.29) is 11.7 Å². The van der Waals surface area contributed by atoms with Gasteiger partial charge in [-0.15, -0.1) is 10.2 Å². The first kappa shape index (κ1) is 23.8. The number of hydrogen-bond acceptors (Lipinski definition) is 6. The van der Waals surface area contributed by atoms with Crippen LogP contribution < -0.4 is 14.8 Å². The second-order valence-electron chi connectivity index (χ2n) is 7.77. The molecule has 0 atom stereocenters. The van der Waals surface area contributed by atoms with E-state index in [4.69, 9.17) is 21.1 Å². The number of carbonyl (C=O) groups is 1. The van der Waals surface area contributed by atoms with Crippen LogP contribution in [0.25, 0.3) is 28.0 Å². The molecule has 36 heavy (non-hydrogen) atoms. The molecule has 0 aliphatic rings. The zero-order valence-electron chi connectivity index (χ0n) is 19.5. The predicted octanol–water partition coefficient (Wildman–Crippen LogP) is 5.82. The third-order valence-corrected chi connectivity index (χ3v) is 6.73. The highest BCUT2D eigenvalue weighted by Gasteiger charge is 2.20. The zero-order chi connectivity index (χ0) is 25.1. The van der Waals surface area contributed by atoms with E-state index >= 15 is 0 Å². The molecule has 2 aromatic heterocycles. The molecule has 0 radical (unpaired) electrons. The minimum absolute atomic E-state index is 0.109. The summed E-state index contributed by atoms with van der Waals surface area (Å²) >= 11 is 7.37. The second-order valence-corrected chi connectivity index (χ2v) is 9.15. The lowest BCUT2D eigenvalue weighted by Crippen LogP contribution is -2.15. The van der Waals surface area contributed by atoms with Crippen LogP contribution in [0.2, 0.25) is 5.02 Å². The van der Waals surface area contributed by atoms with Gasteiger partial charge in [0.1, 0.15) is 11.5 Å². The van der Waals surface area contributed by atoms with Crippen LogP contribution in [-0.4, -0.2) is 45.6 Å². The van der Waals surface area contributed by atoms with Crippen LogP contribution in [0.5, 0.6) is 11.5 Å². The number of anilines is 1. The number of ether oxygens (including phenoxy) is 2. The first-order valence-electron chi connectivity index (χ1n) is 11.0. The largest absolute Gasteiger partial charge is 0.497 e. The van der Waals surface area contributed by atoms with Crippen LogP contribution in [0.15, 0.2) is 78.1 Å². The molecular formula is C26H22ClN5O3S. The number of thioether (sulfide) groups is 1. The summed E-state index contributed by atoms with van der Waals surface area (Å²) < 4.78 is 12.6. The standard InChI is InChI=1S/C26H22ClN5O3S/c1-34-18-10-8-17(9-11-18)32-25(20-14-28-21-6-4-3-5-19(20)21)30-31-26(32)36-15-24(33)29-22-13-16(27)7-12-23(22)35-2/h3-14,28H,15H2,1-2H3,(H,29,33). The number of benzene rings is 3. The highest BCUT2D eigenvalue weighted by molar-refractivity contribution is 7.99. The third kappa shape index (κ3) is 4.75. The van der Waals surface area contributed by atoms with E-state index in [1.807, 2.05) is 59.3 Å². The molecule has 5 rings (SSSR count). The van der Waals surface area contributed by atoms with Gasteiger partial charge in [0.25, 0.3) is 0 Å². The van der Waals surface area contributed by atoms with Crippen LogP contribution in [0.3, 0.4) is 0 Å². The predicted molar refractivity (Wildman–Crippen MR) is 143 cm³/mol. The Balaban J connectivity index is 1.46. The number of halogens is 1. The highest BCUT2D eigenvalue weighted by atomic mass is 35.5. The molecular weight excluding hydrogens is 498 g/mol. The van der Waals surface area contributed by atoms with Crippen LogP contribution in [0.1, 0.15) is 0 Å². The fraction of sp³-hybridized carbons (Fsp3) is 0.115. The van der Waals surface area contributed by atoms with Crippen molar-refractivity contribution in [1.82, 2.24) is 19.7 Å². The minimum Gasteiger partial charge on any atom is -0.497 e. The molecule has 0 saturated carbocycles. The molecule has 0 fully saturated rings. The number of hydrogen-bond donors (Lipinski definition) is 2. The molecule has 0 unspecified atom stereocenters. The number of nitrogens with zero attached hydrogens (tertiary/aromatic N) is 3. The van der Waals surface area contributed by atoms with E-state index in [9.17, 15) is 4.79 Å². The van der Waals surface area contributed by atoms with Gasteiger partial charge < -0.3 is 19.8 Å². The Morgan fingerprint density at radius 3 is 2.64 bits per heavy atom.